The first-order valence-electron chi connectivity index (χ1n) is 8.40. The third-order valence-electron chi connectivity index (χ3n) is 3.92. The van der Waals surface area contributed by atoms with Crippen molar-refractivity contribution in [3.05, 3.63) is 58.6 Å². The molecule has 2 aromatic rings. The van der Waals surface area contributed by atoms with Crippen LogP contribution < -0.4 is 9.62 Å². The Hall–Kier alpha value is -3.11. The number of benzene rings is 2. The van der Waals surface area contributed by atoms with Crippen LogP contribution in [-0.2, 0) is 24.3 Å². The van der Waals surface area contributed by atoms with Crippen LogP contribution in [0.3, 0.4) is 0 Å². The Morgan fingerprint density at radius 1 is 1.00 bits per heavy atom. The average molecular weight is 455 g/mol. The molecule has 0 heterocycles. The number of rotatable bonds is 7. The number of sulfonamides is 1. The lowest BCUT2D eigenvalue weighted by Crippen LogP contribution is -2.37. The predicted octanol–water partition coefficient (Wildman–Crippen LogP) is 2.32. The quantitative estimate of drug-likeness (QED) is 0.637. The van der Waals surface area contributed by atoms with Crippen LogP contribution in [-0.4, -0.2) is 53.3 Å². The molecule has 0 radical (unpaired) electrons. The van der Waals surface area contributed by atoms with Gasteiger partial charge < -0.3 is 14.8 Å². The van der Waals surface area contributed by atoms with Gasteiger partial charge in [0.05, 0.1) is 43.0 Å². The van der Waals surface area contributed by atoms with Crippen LogP contribution in [0.2, 0.25) is 5.02 Å². The standard InChI is InChI=1S/C19H19ClN2O7S/c1-28-18(24)12-4-9-15(19(25)29-2)16(10-12)21-17(23)11-22(30(3,26)27)14-7-5-13(20)6-8-14/h4-10H,11H2,1-3H3,(H,21,23). The van der Waals surface area contributed by atoms with Gasteiger partial charge in [0.25, 0.3) is 0 Å². The van der Waals surface area contributed by atoms with Crippen molar-refractivity contribution in [2.24, 2.45) is 0 Å². The molecule has 30 heavy (non-hydrogen) atoms. The Morgan fingerprint density at radius 3 is 2.13 bits per heavy atom. The van der Waals surface area contributed by atoms with Crippen LogP contribution in [0, 0.1) is 0 Å². The van der Waals surface area contributed by atoms with E-state index >= 15 is 0 Å². The van der Waals surface area contributed by atoms with Gasteiger partial charge in [0.15, 0.2) is 0 Å². The van der Waals surface area contributed by atoms with Gasteiger partial charge in [-0.2, -0.15) is 0 Å². The predicted molar refractivity (Wildman–Crippen MR) is 111 cm³/mol. The smallest absolute Gasteiger partial charge is 0.339 e. The monoisotopic (exact) mass is 454 g/mol. The zero-order valence-electron chi connectivity index (χ0n) is 16.3. The molecule has 0 fully saturated rings. The first kappa shape index (κ1) is 23.2. The maximum Gasteiger partial charge on any atom is 0.339 e. The van der Waals surface area contributed by atoms with E-state index in [0.29, 0.717) is 5.02 Å². The van der Waals surface area contributed by atoms with Crippen LogP contribution in [0.25, 0.3) is 0 Å². The number of amides is 1. The number of methoxy groups -OCH3 is 2. The molecule has 0 spiro atoms. The van der Waals surface area contributed by atoms with Gasteiger partial charge in [0, 0.05) is 5.02 Å². The van der Waals surface area contributed by atoms with E-state index in [9.17, 15) is 22.8 Å². The van der Waals surface area contributed by atoms with Crippen molar-refractivity contribution >= 4 is 50.8 Å². The average Bonchev–Trinajstić information content (AvgIpc) is 2.70. The van der Waals surface area contributed by atoms with E-state index in [1.807, 2.05) is 0 Å². The Balaban J connectivity index is 2.35. The lowest BCUT2D eigenvalue weighted by Gasteiger charge is -2.22. The Kier molecular flexibility index (Phi) is 7.41. The Bertz CT molecular complexity index is 1070. The summed E-state index contributed by atoms with van der Waals surface area (Å²) >= 11 is 5.83. The fourth-order valence-electron chi connectivity index (χ4n) is 2.51. The van der Waals surface area contributed by atoms with Crippen molar-refractivity contribution < 1.29 is 32.3 Å². The molecule has 9 nitrogen and oxygen atoms in total. The number of nitrogens with zero attached hydrogens (tertiary/aromatic N) is 1. The molecule has 0 saturated heterocycles. The van der Waals surface area contributed by atoms with Crippen molar-refractivity contribution in [2.45, 2.75) is 0 Å². The minimum absolute atomic E-state index is 0.0177. The number of esters is 2. The molecule has 0 atom stereocenters. The number of carbonyl (C=O) groups excluding carboxylic acids is 3. The number of hydrogen-bond acceptors (Lipinski definition) is 7. The van der Waals surface area contributed by atoms with Crippen LogP contribution in [0.5, 0.6) is 0 Å². The van der Waals surface area contributed by atoms with Crippen LogP contribution in [0.1, 0.15) is 20.7 Å². The normalized spacial score (nSPS) is 10.8. The minimum Gasteiger partial charge on any atom is -0.465 e. The highest BCUT2D eigenvalue weighted by molar-refractivity contribution is 7.92. The highest BCUT2D eigenvalue weighted by atomic mass is 35.5. The number of ether oxygens (including phenoxy) is 2. The molecule has 0 aliphatic carbocycles. The van der Waals surface area contributed by atoms with Crippen LogP contribution >= 0.6 is 11.6 Å². The fraction of sp³-hybridized carbons (Fsp3) is 0.211. The van der Waals surface area contributed by atoms with Crippen LogP contribution in [0.4, 0.5) is 11.4 Å². The van der Waals surface area contributed by atoms with E-state index in [4.69, 9.17) is 11.6 Å². The zero-order valence-corrected chi connectivity index (χ0v) is 17.9. The summed E-state index contributed by atoms with van der Waals surface area (Å²) in [5.74, 6) is -2.18. The van der Waals surface area contributed by atoms with E-state index in [-0.39, 0.29) is 22.5 Å². The minimum atomic E-state index is -3.81. The number of anilines is 2. The molecule has 0 saturated carbocycles. The number of nitrogens with one attached hydrogen (secondary N) is 1. The van der Waals surface area contributed by atoms with Crippen molar-refractivity contribution in [2.75, 3.05) is 36.6 Å². The van der Waals surface area contributed by atoms with Gasteiger partial charge in [0.1, 0.15) is 6.54 Å². The molecule has 1 amide bonds. The summed E-state index contributed by atoms with van der Waals surface area (Å²) in [6.45, 7) is -0.580. The fourth-order valence-corrected chi connectivity index (χ4v) is 3.49. The maximum absolute atomic E-state index is 12.6. The summed E-state index contributed by atoms with van der Waals surface area (Å²) in [7, 11) is -1.46. The second-order valence-corrected chi connectivity index (χ2v) is 8.38. The molecule has 11 heteroatoms. The van der Waals surface area contributed by atoms with Gasteiger partial charge >= 0.3 is 11.9 Å². The summed E-state index contributed by atoms with van der Waals surface area (Å²) in [5, 5.41) is 2.85. The molecule has 0 aromatic heterocycles. The van der Waals surface area contributed by atoms with E-state index in [1.165, 1.54) is 49.6 Å². The third kappa shape index (κ3) is 5.71. The van der Waals surface area contributed by atoms with E-state index in [2.05, 4.69) is 14.8 Å². The zero-order chi connectivity index (χ0) is 22.5. The Morgan fingerprint density at radius 2 is 1.60 bits per heavy atom. The van der Waals surface area contributed by atoms with Gasteiger partial charge in [-0.25, -0.2) is 18.0 Å². The lowest BCUT2D eigenvalue weighted by molar-refractivity contribution is -0.114. The summed E-state index contributed by atoms with van der Waals surface area (Å²) < 4.78 is 34.6. The van der Waals surface area contributed by atoms with E-state index < -0.39 is 34.4 Å². The molecule has 2 aromatic carbocycles. The molecular formula is C19H19ClN2O7S. The second kappa shape index (κ2) is 9.59. The summed E-state index contributed by atoms with van der Waals surface area (Å²) in [6, 6.07) is 9.75. The summed E-state index contributed by atoms with van der Waals surface area (Å²) in [5.41, 5.74) is 0.266. The number of carbonyl (C=O) groups is 3. The Labute approximate surface area is 178 Å². The summed E-state index contributed by atoms with van der Waals surface area (Å²) in [6.07, 6.45) is 0.951. The largest absolute Gasteiger partial charge is 0.465 e. The van der Waals surface area contributed by atoms with Gasteiger partial charge in [-0.3, -0.25) is 9.10 Å². The first-order chi connectivity index (χ1) is 14.1. The molecule has 160 valence electrons. The van der Waals surface area contributed by atoms with E-state index in [0.717, 1.165) is 17.7 Å². The van der Waals surface area contributed by atoms with Gasteiger partial charge in [-0.15, -0.1) is 0 Å². The highest BCUT2D eigenvalue weighted by Crippen LogP contribution is 2.22. The van der Waals surface area contributed by atoms with Crippen molar-refractivity contribution in [1.82, 2.24) is 0 Å². The number of hydrogen-bond donors (Lipinski definition) is 1. The van der Waals surface area contributed by atoms with E-state index in [1.54, 1.807) is 0 Å². The molecular weight excluding hydrogens is 436 g/mol. The van der Waals surface area contributed by atoms with Gasteiger partial charge in [-0.1, -0.05) is 11.6 Å². The topological polar surface area (TPSA) is 119 Å². The van der Waals surface area contributed by atoms with Crippen molar-refractivity contribution in [1.29, 1.82) is 0 Å². The first-order valence-corrected chi connectivity index (χ1v) is 10.6. The lowest BCUT2D eigenvalue weighted by atomic mass is 10.1. The third-order valence-corrected chi connectivity index (χ3v) is 5.31. The molecule has 0 bridgehead atoms. The summed E-state index contributed by atoms with van der Waals surface area (Å²) in [4.78, 5) is 36.4. The molecule has 0 unspecified atom stereocenters. The molecule has 0 aliphatic heterocycles. The highest BCUT2D eigenvalue weighted by Gasteiger charge is 2.23. The van der Waals surface area contributed by atoms with Crippen molar-refractivity contribution in [3.8, 4) is 0 Å². The van der Waals surface area contributed by atoms with Gasteiger partial charge in [-0.05, 0) is 42.5 Å². The molecule has 0 aliphatic rings. The van der Waals surface area contributed by atoms with Gasteiger partial charge in [0.2, 0.25) is 15.9 Å². The maximum atomic E-state index is 12.6. The number of halogens is 1. The molecule has 2 rings (SSSR count). The molecule has 1 N–H and O–H groups in total. The second-order valence-electron chi connectivity index (χ2n) is 6.04. The van der Waals surface area contributed by atoms with Crippen molar-refractivity contribution in [3.63, 3.8) is 0 Å². The van der Waals surface area contributed by atoms with Crippen LogP contribution in [0.15, 0.2) is 42.5 Å². The SMILES string of the molecule is COC(=O)c1ccc(C(=O)OC)c(NC(=O)CN(c2ccc(Cl)cc2)S(C)(=O)=O)c1.